The van der Waals surface area contributed by atoms with E-state index in [1.165, 1.54) is 6.20 Å². The van der Waals surface area contributed by atoms with E-state index in [1.54, 1.807) is 11.7 Å². The Bertz CT molecular complexity index is 1660. The summed E-state index contributed by atoms with van der Waals surface area (Å²) in [6, 6.07) is 25.0. The van der Waals surface area contributed by atoms with E-state index < -0.39 is 0 Å². The standard InChI is InChI=1S/C23H20N2O2.C5H5N5/c1-3-21-24-20-14-8-13-19(16-9-7-12-18(15-16)27-2)22(20)23(26)25(21)17-10-5-4-6-11-17;6-1-3-2-9-5(8)10-4(3)7/h4-15H,3H2,1-2H3;2H,(H4,7,8,9,10). The van der Waals surface area contributed by atoms with E-state index >= 15 is 0 Å². The van der Waals surface area contributed by atoms with E-state index in [4.69, 9.17) is 26.5 Å². The van der Waals surface area contributed by atoms with Gasteiger partial charge in [-0.2, -0.15) is 10.2 Å². The molecule has 0 saturated heterocycles. The topological polar surface area (TPSA) is 146 Å². The third-order valence-corrected chi connectivity index (χ3v) is 5.64. The molecule has 0 aliphatic rings. The van der Waals surface area contributed by atoms with Gasteiger partial charge in [0.25, 0.3) is 5.56 Å². The second kappa shape index (κ2) is 11.0. The molecule has 37 heavy (non-hydrogen) atoms. The van der Waals surface area contributed by atoms with Crippen molar-refractivity contribution in [3.05, 3.63) is 101 Å². The fourth-order valence-electron chi connectivity index (χ4n) is 3.88. The zero-order chi connectivity index (χ0) is 26.4. The van der Waals surface area contributed by atoms with Gasteiger partial charge in [-0.3, -0.25) is 9.36 Å². The van der Waals surface area contributed by atoms with Gasteiger partial charge in [0.05, 0.1) is 29.9 Å². The number of aryl methyl sites for hydroxylation is 1. The van der Waals surface area contributed by atoms with Gasteiger partial charge in [-0.25, -0.2) is 9.97 Å². The summed E-state index contributed by atoms with van der Waals surface area (Å²) in [5, 5.41) is 8.98. The van der Waals surface area contributed by atoms with Crippen LogP contribution in [0.15, 0.2) is 83.8 Å². The minimum absolute atomic E-state index is 0.0542. The van der Waals surface area contributed by atoms with Crippen LogP contribution in [0.4, 0.5) is 11.8 Å². The predicted molar refractivity (Wildman–Crippen MR) is 144 cm³/mol. The van der Waals surface area contributed by atoms with Crippen molar-refractivity contribution in [3.8, 4) is 28.6 Å². The summed E-state index contributed by atoms with van der Waals surface area (Å²) < 4.78 is 7.06. The molecule has 0 amide bonds. The molecule has 2 heterocycles. The van der Waals surface area contributed by atoms with Gasteiger partial charge in [-0.1, -0.05) is 49.4 Å². The molecule has 0 saturated carbocycles. The summed E-state index contributed by atoms with van der Waals surface area (Å²) in [4.78, 5) is 25.5. The summed E-state index contributed by atoms with van der Waals surface area (Å²) in [6.45, 7) is 2.01. The molecule has 0 radical (unpaired) electrons. The molecule has 5 aromatic rings. The summed E-state index contributed by atoms with van der Waals surface area (Å²) in [6.07, 6.45) is 1.96. The molecular weight excluding hydrogens is 466 g/mol. The Balaban J connectivity index is 0.000000270. The largest absolute Gasteiger partial charge is 0.497 e. The molecule has 9 heteroatoms. The summed E-state index contributed by atoms with van der Waals surface area (Å²) >= 11 is 0. The first-order chi connectivity index (χ1) is 18.0. The highest BCUT2D eigenvalue weighted by atomic mass is 16.5. The van der Waals surface area contributed by atoms with Crippen molar-refractivity contribution < 1.29 is 4.74 Å². The van der Waals surface area contributed by atoms with E-state index in [0.29, 0.717) is 17.3 Å². The highest BCUT2D eigenvalue weighted by Crippen LogP contribution is 2.29. The molecule has 0 spiro atoms. The van der Waals surface area contributed by atoms with Crippen LogP contribution in [0, 0.1) is 11.3 Å². The van der Waals surface area contributed by atoms with Crippen molar-refractivity contribution in [2.45, 2.75) is 13.3 Å². The van der Waals surface area contributed by atoms with Gasteiger partial charge >= 0.3 is 0 Å². The maximum atomic E-state index is 13.5. The number of hydrogen-bond donors (Lipinski definition) is 2. The number of nitrogen functional groups attached to an aromatic ring is 2. The molecule has 3 aromatic carbocycles. The predicted octanol–water partition coefficient (Wildman–Crippen LogP) is 4.14. The van der Waals surface area contributed by atoms with Gasteiger partial charge in [0.2, 0.25) is 5.95 Å². The molecule has 0 aliphatic heterocycles. The van der Waals surface area contributed by atoms with E-state index in [0.717, 1.165) is 28.4 Å². The lowest BCUT2D eigenvalue weighted by atomic mass is 10.0. The molecular formula is C28H25N7O2. The molecule has 4 N–H and O–H groups in total. The second-order valence-electron chi connectivity index (χ2n) is 7.93. The van der Waals surface area contributed by atoms with E-state index in [2.05, 4.69) is 9.97 Å². The van der Waals surface area contributed by atoms with Crippen LogP contribution in [0.3, 0.4) is 0 Å². The maximum absolute atomic E-state index is 13.5. The van der Waals surface area contributed by atoms with Crippen molar-refractivity contribution in [1.82, 2.24) is 19.5 Å². The lowest BCUT2D eigenvalue weighted by Gasteiger charge is -2.14. The Hall–Kier alpha value is -5.23. The number of fused-ring (bicyclic) bond motifs is 1. The van der Waals surface area contributed by atoms with Gasteiger partial charge in [0, 0.05) is 6.42 Å². The molecule has 2 aromatic heterocycles. The third kappa shape index (κ3) is 5.23. The zero-order valence-electron chi connectivity index (χ0n) is 20.4. The average Bonchev–Trinajstić information content (AvgIpc) is 2.93. The van der Waals surface area contributed by atoms with Gasteiger partial charge in [0.1, 0.15) is 29.0 Å². The first kappa shape index (κ1) is 24.9. The van der Waals surface area contributed by atoms with Crippen molar-refractivity contribution in [1.29, 1.82) is 5.26 Å². The lowest BCUT2D eigenvalue weighted by Crippen LogP contribution is -2.24. The highest BCUT2D eigenvalue weighted by molar-refractivity contribution is 5.94. The zero-order valence-corrected chi connectivity index (χ0v) is 20.4. The number of aromatic nitrogens is 4. The fourth-order valence-corrected chi connectivity index (χ4v) is 3.88. The normalized spacial score (nSPS) is 10.3. The first-order valence-electron chi connectivity index (χ1n) is 11.5. The van der Waals surface area contributed by atoms with Gasteiger partial charge < -0.3 is 16.2 Å². The van der Waals surface area contributed by atoms with Crippen LogP contribution in [0.5, 0.6) is 5.75 Å². The quantitative estimate of drug-likeness (QED) is 0.381. The number of para-hydroxylation sites is 1. The minimum atomic E-state index is -0.0542. The molecule has 0 aliphatic carbocycles. The van der Waals surface area contributed by atoms with Crippen molar-refractivity contribution in [3.63, 3.8) is 0 Å². The van der Waals surface area contributed by atoms with Crippen LogP contribution in [0.25, 0.3) is 27.7 Å². The Morgan fingerprint density at radius 2 is 1.76 bits per heavy atom. The fraction of sp³-hybridized carbons (Fsp3) is 0.107. The maximum Gasteiger partial charge on any atom is 0.266 e. The molecule has 184 valence electrons. The van der Waals surface area contributed by atoms with Gasteiger partial charge in [-0.15, -0.1) is 0 Å². The smallest absolute Gasteiger partial charge is 0.266 e. The first-order valence-corrected chi connectivity index (χ1v) is 11.5. The van der Waals surface area contributed by atoms with E-state index in [9.17, 15) is 4.79 Å². The van der Waals surface area contributed by atoms with Crippen LogP contribution in [0.1, 0.15) is 18.3 Å². The summed E-state index contributed by atoms with van der Waals surface area (Å²) in [7, 11) is 1.64. The lowest BCUT2D eigenvalue weighted by molar-refractivity contribution is 0.415. The van der Waals surface area contributed by atoms with Crippen LogP contribution in [-0.2, 0) is 6.42 Å². The SMILES string of the molecule is CCc1nc2cccc(-c3cccc(OC)c3)c2c(=O)n1-c1ccccc1.N#Cc1cnc(N)nc1N. The summed E-state index contributed by atoms with van der Waals surface area (Å²) in [5.41, 5.74) is 14.0. The average molecular weight is 492 g/mol. The number of rotatable bonds is 4. The van der Waals surface area contributed by atoms with Gasteiger partial charge in [0.15, 0.2) is 0 Å². The third-order valence-electron chi connectivity index (χ3n) is 5.64. The summed E-state index contributed by atoms with van der Waals surface area (Å²) in [5.74, 6) is 1.71. The second-order valence-corrected chi connectivity index (χ2v) is 7.93. The number of anilines is 2. The van der Waals surface area contributed by atoms with Crippen LogP contribution < -0.4 is 21.8 Å². The monoisotopic (exact) mass is 491 g/mol. The Morgan fingerprint density at radius 3 is 2.43 bits per heavy atom. The minimum Gasteiger partial charge on any atom is -0.497 e. The van der Waals surface area contributed by atoms with E-state index in [-0.39, 0.29) is 22.9 Å². The Morgan fingerprint density at radius 1 is 1.00 bits per heavy atom. The Labute approximate surface area is 213 Å². The number of ether oxygens (including phenoxy) is 1. The number of methoxy groups -OCH3 is 1. The Kier molecular flexibility index (Phi) is 7.40. The van der Waals surface area contributed by atoms with Gasteiger partial charge in [-0.05, 0) is 41.5 Å². The number of nitriles is 1. The number of nitrogens with zero attached hydrogens (tertiary/aromatic N) is 5. The molecule has 0 fully saturated rings. The van der Waals surface area contributed by atoms with Crippen LogP contribution in [0.2, 0.25) is 0 Å². The molecule has 5 rings (SSSR count). The molecule has 9 nitrogen and oxygen atoms in total. The highest BCUT2D eigenvalue weighted by Gasteiger charge is 2.15. The van der Waals surface area contributed by atoms with Crippen LogP contribution in [-0.4, -0.2) is 26.6 Å². The molecule has 0 bridgehead atoms. The van der Waals surface area contributed by atoms with Crippen molar-refractivity contribution >= 4 is 22.7 Å². The van der Waals surface area contributed by atoms with Crippen molar-refractivity contribution in [2.75, 3.05) is 18.6 Å². The molecule has 0 atom stereocenters. The van der Waals surface area contributed by atoms with E-state index in [1.807, 2.05) is 85.8 Å². The van der Waals surface area contributed by atoms with Crippen LogP contribution >= 0.6 is 0 Å². The molecule has 0 unspecified atom stereocenters. The van der Waals surface area contributed by atoms with Crippen molar-refractivity contribution in [2.24, 2.45) is 0 Å². The number of hydrogen-bond acceptors (Lipinski definition) is 8. The number of benzene rings is 3. The number of nitrogens with two attached hydrogens (primary N) is 2.